The fourth-order valence-corrected chi connectivity index (χ4v) is 3.93. The summed E-state index contributed by atoms with van der Waals surface area (Å²) >= 11 is 12.0. The van der Waals surface area contributed by atoms with Crippen molar-refractivity contribution in [1.82, 2.24) is 10.0 Å². The monoisotopic (exact) mass is 472 g/mol. The molecule has 2 rings (SSSR count). The van der Waals surface area contributed by atoms with Gasteiger partial charge in [-0.1, -0.05) is 41.4 Å². The molecule has 0 spiro atoms. The van der Waals surface area contributed by atoms with Gasteiger partial charge in [0.15, 0.2) is 6.61 Å². The quantitative estimate of drug-likeness (QED) is 0.545. The Bertz CT molecular complexity index is 1010. The molecular weight excluding hydrogens is 451 g/mol. The first-order chi connectivity index (χ1) is 14.1. The summed E-state index contributed by atoms with van der Waals surface area (Å²) < 4.78 is 30.6. The maximum atomic E-state index is 12.0. The predicted molar refractivity (Wildman–Crippen MR) is 115 cm³/mol. The van der Waals surface area contributed by atoms with Gasteiger partial charge in [0.05, 0.1) is 10.9 Å². The maximum Gasteiger partial charge on any atom is 0.306 e. The molecule has 0 aliphatic heterocycles. The molecule has 1 amide bonds. The smallest absolute Gasteiger partial charge is 0.306 e. The van der Waals surface area contributed by atoms with Crippen molar-refractivity contribution in [3.05, 3.63) is 63.6 Å². The molecule has 2 aromatic rings. The van der Waals surface area contributed by atoms with E-state index >= 15 is 0 Å². The second-order valence-electron chi connectivity index (χ2n) is 6.47. The van der Waals surface area contributed by atoms with E-state index in [4.69, 9.17) is 27.9 Å². The standard InChI is InChI=1S/C20H22Cl2N2O5S/c1-13(17-9-6-15(21)11-18(17)22)24-19(25)12-29-20(26)10-5-14-3-7-16(8-4-14)30(27,28)23-2/h3-4,6-9,11,13,23H,5,10,12H2,1-2H3,(H,24,25). The summed E-state index contributed by atoms with van der Waals surface area (Å²) in [5.74, 6) is -0.988. The molecule has 0 aliphatic carbocycles. The number of halogens is 2. The minimum absolute atomic E-state index is 0.0595. The number of esters is 1. The molecule has 0 bridgehead atoms. The molecule has 30 heavy (non-hydrogen) atoms. The highest BCUT2D eigenvalue weighted by molar-refractivity contribution is 7.89. The number of nitrogens with one attached hydrogen (secondary N) is 2. The Morgan fingerprint density at radius 3 is 2.37 bits per heavy atom. The highest BCUT2D eigenvalue weighted by Gasteiger charge is 2.15. The van der Waals surface area contributed by atoms with Gasteiger partial charge in [-0.15, -0.1) is 0 Å². The number of amides is 1. The third-order valence-electron chi connectivity index (χ3n) is 4.29. The highest BCUT2D eigenvalue weighted by atomic mass is 35.5. The van der Waals surface area contributed by atoms with Crippen LogP contribution in [-0.4, -0.2) is 33.9 Å². The van der Waals surface area contributed by atoms with Crippen LogP contribution in [0.25, 0.3) is 0 Å². The van der Waals surface area contributed by atoms with Gasteiger partial charge in [0.25, 0.3) is 5.91 Å². The minimum Gasteiger partial charge on any atom is -0.456 e. The van der Waals surface area contributed by atoms with Crippen molar-refractivity contribution in [2.75, 3.05) is 13.7 Å². The van der Waals surface area contributed by atoms with Crippen LogP contribution in [0, 0.1) is 0 Å². The minimum atomic E-state index is -3.50. The summed E-state index contributed by atoms with van der Waals surface area (Å²) in [7, 11) is -2.17. The van der Waals surface area contributed by atoms with Gasteiger partial charge in [-0.05, 0) is 55.8 Å². The van der Waals surface area contributed by atoms with E-state index in [2.05, 4.69) is 10.0 Å². The molecule has 7 nitrogen and oxygen atoms in total. The van der Waals surface area contributed by atoms with Gasteiger partial charge in [0, 0.05) is 16.5 Å². The van der Waals surface area contributed by atoms with Crippen molar-refractivity contribution in [2.45, 2.75) is 30.7 Å². The zero-order chi connectivity index (χ0) is 22.3. The van der Waals surface area contributed by atoms with Crippen molar-refractivity contribution in [2.24, 2.45) is 0 Å². The molecule has 1 atom stereocenters. The lowest BCUT2D eigenvalue weighted by molar-refractivity contribution is -0.148. The molecular formula is C20H22Cl2N2O5S. The average Bonchev–Trinajstić information content (AvgIpc) is 2.70. The fraction of sp³-hybridized carbons (Fsp3) is 0.300. The van der Waals surface area contributed by atoms with Crippen molar-refractivity contribution >= 4 is 45.1 Å². The Labute approximate surface area is 185 Å². The number of hydrogen-bond donors (Lipinski definition) is 2. The van der Waals surface area contributed by atoms with Gasteiger partial charge in [0.2, 0.25) is 10.0 Å². The summed E-state index contributed by atoms with van der Waals surface area (Å²) in [5, 5.41) is 3.63. The van der Waals surface area contributed by atoms with Gasteiger partial charge >= 0.3 is 5.97 Å². The van der Waals surface area contributed by atoms with Gasteiger partial charge in [-0.25, -0.2) is 13.1 Å². The van der Waals surface area contributed by atoms with Crippen molar-refractivity contribution in [3.8, 4) is 0 Å². The number of carbonyl (C=O) groups excluding carboxylic acids is 2. The molecule has 0 heterocycles. The topological polar surface area (TPSA) is 102 Å². The zero-order valence-corrected chi connectivity index (χ0v) is 18.8. The Morgan fingerprint density at radius 2 is 1.77 bits per heavy atom. The van der Waals surface area contributed by atoms with Crippen LogP contribution in [0.15, 0.2) is 47.4 Å². The average molecular weight is 473 g/mol. The zero-order valence-electron chi connectivity index (χ0n) is 16.4. The van der Waals surface area contributed by atoms with Crippen LogP contribution in [0.1, 0.15) is 30.5 Å². The molecule has 162 valence electrons. The first-order valence-corrected chi connectivity index (χ1v) is 11.3. The summed E-state index contributed by atoms with van der Waals surface area (Å²) in [6.07, 6.45) is 0.418. The molecule has 0 radical (unpaired) electrons. The summed E-state index contributed by atoms with van der Waals surface area (Å²) in [4.78, 5) is 24.1. The summed E-state index contributed by atoms with van der Waals surface area (Å²) in [5.41, 5.74) is 1.47. The molecule has 1 unspecified atom stereocenters. The first kappa shape index (κ1) is 24.1. The van der Waals surface area contributed by atoms with Crippen molar-refractivity contribution in [1.29, 1.82) is 0 Å². The SMILES string of the molecule is CNS(=O)(=O)c1ccc(CCC(=O)OCC(=O)NC(C)c2ccc(Cl)cc2Cl)cc1. The lowest BCUT2D eigenvalue weighted by Crippen LogP contribution is -2.31. The van der Waals surface area contributed by atoms with Crippen LogP contribution in [0.5, 0.6) is 0 Å². The van der Waals surface area contributed by atoms with E-state index in [0.29, 0.717) is 22.0 Å². The third-order valence-corrected chi connectivity index (χ3v) is 6.28. The maximum absolute atomic E-state index is 12.0. The molecule has 2 aromatic carbocycles. The Morgan fingerprint density at radius 1 is 1.10 bits per heavy atom. The van der Waals surface area contributed by atoms with Gasteiger partial charge in [-0.3, -0.25) is 9.59 Å². The molecule has 0 saturated heterocycles. The van der Waals surface area contributed by atoms with Crippen LogP contribution in [0.3, 0.4) is 0 Å². The van der Waals surface area contributed by atoms with Crippen LogP contribution in [0.4, 0.5) is 0 Å². The molecule has 0 saturated carbocycles. The molecule has 0 aliphatic rings. The van der Waals surface area contributed by atoms with E-state index in [0.717, 1.165) is 5.56 Å². The number of ether oxygens (including phenoxy) is 1. The van der Waals surface area contributed by atoms with E-state index in [1.54, 1.807) is 37.3 Å². The lowest BCUT2D eigenvalue weighted by Gasteiger charge is -2.16. The highest BCUT2D eigenvalue weighted by Crippen LogP contribution is 2.26. The van der Waals surface area contributed by atoms with Crippen LogP contribution in [0.2, 0.25) is 10.0 Å². The Kier molecular flexibility index (Phi) is 8.66. The van der Waals surface area contributed by atoms with Gasteiger partial charge in [0.1, 0.15) is 0 Å². The van der Waals surface area contributed by atoms with Crippen molar-refractivity contribution < 1.29 is 22.7 Å². The van der Waals surface area contributed by atoms with E-state index in [-0.39, 0.29) is 17.4 Å². The van der Waals surface area contributed by atoms with Gasteiger partial charge < -0.3 is 10.1 Å². The number of sulfonamides is 1. The Hall–Kier alpha value is -2.13. The molecule has 10 heteroatoms. The first-order valence-electron chi connectivity index (χ1n) is 9.05. The van der Waals surface area contributed by atoms with Crippen LogP contribution >= 0.6 is 23.2 Å². The van der Waals surface area contributed by atoms with Crippen molar-refractivity contribution in [3.63, 3.8) is 0 Å². The summed E-state index contributed by atoms with van der Waals surface area (Å²) in [6, 6.07) is 10.8. The number of rotatable bonds is 9. The molecule has 0 aromatic heterocycles. The second kappa shape index (κ2) is 10.8. The van der Waals surface area contributed by atoms with Crippen LogP contribution < -0.4 is 10.0 Å². The number of aryl methyl sites for hydroxylation is 1. The predicted octanol–water partition coefficient (Wildman–Crippen LogP) is 3.25. The fourth-order valence-electron chi connectivity index (χ4n) is 2.63. The normalized spacial score (nSPS) is 12.3. The molecule has 2 N–H and O–H groups in total. The largest absolute Gasteiger partial charge is 0.456 e. The van der Waals surface area contributed by atoms with Crippen LogP contribution in [-0.2, 0) is 30.8 Å². The summed E-state index contributed by atoms with van der Waals surface area (Å²) in [6.45, 7) is 1.35. The van der Waals surface area contributed by atoms with E-state index in [9.17, 15) is 18.0 Å². The lowest BCUT2D eigenvalue weighted by atomic mass is 10.1. The number of carbonyl (C=O) groups is 2. The van der Waals surface area contributed by atoms with E-state index in [1.807, 2.05) is 0 Å². The van der Waals surface area contributed by atoms with Gasteiger partial charge in [-0.2, -0.15) is 0 Å². The number of benzene rings is 2. The number of hydrogen-bond acceptors (Lipinski definition) is 5. The third kappa shape index (κ3) is 6.98. The Balaban J connectivity index is 1.78. The molecule has 0 fully saturated rings. The second-order valence-corrected chi connectivity index (χ2v) is 9.20. The van der Waals surface area contributed by atoms with E-state index in [1.165, 1.54) is 19.2 Å². The van der Waals surface area contributed by atoms with E-state index < -0.39 is 28.5 Å².